The Balaban J connectivity index is 1.68. The number of benzene rings is 1. The zero-order valence-electron chi connectivity index (χ0n) is 13.0. The minimum absolute atomic E-state index is 0.0132. The van der Waals surface area contributed by atoms with Gasteiger partial charge in [-0.15, -0.1) is 0 Å². The lowest BCUT2D eigenvalue weighted by Crippen LogP contribution is -2.45. The third kappa shape index (κ3) is 3.66. The van der Waals surface area contributed by atoms with Gasteiger partial charge in [-0.1, -0.05) is 12.1 Å². The maximum atomic E-state index is 12.5. The van der Waals surface area contributed by atoms with Crippen molar-refractivity contribution in [3.8, 4) is 5.75 Å². The van der Waals surface area contributed by atoms with E-state index in [4.69, 9.17) is 4.74 Å². The Morgan fingerprint density at radius 3 is 2.54 bits per heavy atom. The van der Waals surface area contributed by atoms with Crippen LogP contribution >= 0.6 is 0 Å². The Hall–Kier alpha value is -2.16. The number of nitrogens with zero attached hydrogens (tertiary/aromatic N) is 2. The van der Waals surface area contributed by atoms with Crippen molar-refractivity contribution in [3.63, 3.8) is 0 Å². The van der Waals surface area contributed by atoms with Gasteiger partial charge in [0.25, 0.3) is 5.91 Å². The van der Waals surface area contributed by atoms with Crippen LogP contribution in [0.2, 0.25) is 0 Å². The maximum absolute atomic E-state index is 12.5. The van der Waals surface area contributed by atoms with Gasteiger partial charge in [-0.05, 0) is 25.3 Å². The first-order valence-corrected chi connectivity index (χ1v) is 9.57. The number of hydrogen-bond acceptors (Lipinski definition) is 6. The van der Waals surface area contributed by atoms with E-state index in [2.05, 4.69) is 0 Å². The summed E-state index contributed by atoms with van der Waals surface area (Å²) in [7, 11) is -3.09. The Bertz CT molecular complexity index is 759. The second kappa shape index (κ2) is 6.39. The van der Waals surface area contributed by atoms with Gasteiger partial charge in [-0.3, -0.25) is 14.9 Å². The van der Waals surface area contributed by atoms with Gasteiger partial charge in [0.15, 0.2) is 22.2 Å². The van der Waals surface area contributed by atoms with E-state index in [-0.39, 0.29) is 47.5 Å². The molecule has 1 unspecified atom stereocenters. The van der Waals surface area contributed by atoms with E-state index in [1.165, 1.54) is 18.2 Å². The number of ether oxygens (including phenoxy) is 1. The molecule has 1 aromatic carbocycles. The molecule has 0 N–H and O–H groups in total. The molecule has 0 bridgehead atoms. The van der Waals surface area contributed by atoms with Gasteiger partial charge in [0.05, 0.1) is 16.4 Å². The van der Waals surface area contributed by atoms with Crippen LogP contribution < -0.4 is 4.74 Å². The molecule has 130 valence electrons. The molecule has 2 aliphatic rings. The van der Waals surface area contributed by atoms with Gasteiger partial charge in [-0.25, -0.2) is 8.42 Å². The largest absolute Gasteiger partial charge is 0.477 e. The Kier molecular flexibility index (Phi) is 4.44. The number of hydrogen-bond donors (Lipinski definition) is 0. The average molecular weight is 354 g/mol. The van der Waals surface area contributed by atoms with E-state index >= 15 is 0 Å². The van der Waals surface area contributed by atoms with E-state index in [1.807, 2.05) is 0 Å². The van der Waals surface area contributed by atoms with Crippen LogP contribution in [0.5, 0.6) is 5.75 Å². The molecule has 9 heteroatoms. The van der Waals surface area contributed by atoms with E-state index in [1.54, 1.807) is 11.0 Å². The predicted molar refractivity (Wildman–Crippen MR) is 85.5 cm³/mol. The van der Waals surface area contributed by atoms with Crippen LogP contribution in [-0.2, 0) is 14.6 Å². The number of carbonyl (C=O) groups excluding carboxylic acids is 1. The zero-order chi connectivity index (χ0) is 17.3. The van der Waals surface area contributed by atoms with Crippen molar-refractivity contribution in [1.82, 2.24) is 4.90 Å². The summed E-state index contributed by atoms with van der Waals surface area (Å²) in [5, 5.41) is 11.0. The molecule has 1 amide bonds. The molecule has 8 nitrogen and oxygen atoms in total. The standard InChI is InChI=1S/C15H18N2O6S/c18-15(9-23-14-4-2-1-3-13(14)17(19)20)16(11-5-6-11)12-7-8-24(21,22)10-12/h1-4,11-12H,5-10H2. The highest BCUT2D eigenvalue weighted by atomic mass is 32.2. The lowest BCUT2D eigenvalue weighted by Gasteiger charge is -2.28. The minimum atomic E-state index is -3.09. The highest BCUT2D eigenvalue weighted by Crippen LogP contribution is 2.33. The third-order valence-electron chi connectivity index (χ3n) is 4.24. The summed E-state index contributed by atoms with van der Waals surface area (Å²) in [6.07, 6.45) is 2.15. The smallest absolute Gasteiger partial charge is 0.310 e. The minimum Gasteiger partial charge on any atom is -0.477 e. The molecule has 0 radical (unpaired) electrons. The topological polar surface area (TPSA) is 107 Å². The highest BCUT2D eigenvalue weighted by molar-refractivity contribution is 7.91. The van der Waals surface area contributed by atoms with Crippen LogP contribution in [0.1, 0.15) is 19.3 Å². The molecule has 3 rings (SSSR count). The van der Waals surface area contributed by atoms with E-state index < -0.39 is 14.8 Å². The number of nitro benzene ring substituents is 1. The van der Waals surface area contributed by atoms with Crippen molar-refractivity contribution in [2.45, 2.75) is 31.3 Å². The van der Waals surface area contributed by atoms with E-state index in [0.717, 1.165) is 12.8 Å². The quantitative estimate of drug-likeness (QED) is 0.560. The lowest BCUT2D eigenvalue weighted by molar-refractivity contribution is -0.385. The zero-order valence-corrected chi connectivity index (χ0v) is 13.8. The molecule has 0 spiro atoms. The van der Waals surface area contributed by atoms with Crippen LogP contribution in [0.3, 0.4) is 0 Å². The molecule has 1 aliphatic carbocycles. The molecule has 1 aliphatic heterocycles. The van der Waals surface area contributed by atoms with Crippen molar-refractivity contribution in [3.05, 3.63) is 34.4 Å². The summed E-state index contributed by atoms with van der Waals surface area (Å²) in [5.41, 5.74) is -0.202. The number of amides is 1. The summed E-state index contributed by atoms with van der Waals surface area (Å²) in [5.74, 6) is -0.205. The van der Waals surface area contributed by atoms with Crippen molar-refractivity contribution >= 4 is 21.4 Å². The van der Waals surface area contributed by atoms with Crippen LogP contribution in [0, 0.1) is 10.1 Å². The molecule has 1 saturated carbocycles. The second-order valence-corrected chi connectivity index (χ2v) is 8.33. The van der Waals surface area contributed by atoms with E-state index in [9.17, 15) is 23.3 Å². The molecule has 0 aromatic heterocycles. The first-order valence-electron chi connectivity index (χ1n) is 7.75. The average Bonchev–Trinajstić information content (AvgIpc) is 3.29. The summed E-state index contributed by atoms with van der Waals surface area (Å²) in [4.78, 5) is 24.5. The van der Waals surface area contributed by atoms with Crippen molar-refractivity contribution in [2.24, 2.45) is 0 Å². The molecule has 1 saturated heterocycles. The monoisotopic (exact) mass is 354 g/mol. The second-order valence-electron chi connectivity index (χ2n) is 6.10. The molecule has 24 heavy (non-hydrogen) atoms. The Morgan fingerprint density at radius 2 is 1.96 bits per heavy atom. The lowest BCUT2D eigenvalue weighted by atomic mass is 10.2. The molecule has 1 aromatic rings. The van der Waals surface area contributed by atoms with Crippen LogP contribution in [-0.4, -0.2) is 54.3 Å². The van der Waals surface area contributed by atoms with Gasteiger partial charge in [0, 0.05) is 18.2 Å². The fraction of sp³-hybridized carbons (Fsp3) is 0.533. The normalized spacial score (nSPS) is 22.1. The predicted octanol–water partition coefficient (Wildman–Crippen LogP) is 1.15. The number of carbonyl (C=O) groups is 1. The first-order chi connectivity index (χ1) is 11.4. The number of nitro groups is 1. The molecule has 1 heterocycles. The molecule has 1 atom stereocenters. The van der Waals surface area contributed by atoms with Crippen molar-refractivity contribution < 1.29 is 22.9 Å². The maximum Gasteiger partial charge on any atom is 0.310 e. The molecular weight excluding hydrogens is 336 g/mol. The molecular formula is C15H18N2O6S. The van der Waals surface area contributed by atoms with E-state index in [0.29, 0.717) is 6.42 Å². The van der Waals surface area contributed by atoms with Gasteiger partial charge < -0.3 is 9.64 Å². The number of rotatable bonds is 6. The fourth-order valence-electron chi connectivity index (χ4n) is 3.00. The summed E-state index contributed by atoms with van der Waals surface area (Å²) in [6.45, 7) is -0.335. The number of sulfone groups is 1. The summed E-state index contributed by atoms with van der Waals surface area (Å²) >= 11 is 0. The number of para-hydroxylation sites is 2. The Morgan fingerprint density at radius 1 is 1.25 bits per heavy atom. The van der Waals surface area contributed by atoms with Gasteiger partial charge in [0.2, 0.25) is 0 Å². The Labute approximate surface area is 139 Å². The third-order valence-corrected chi connectivity index (χ3v) is 5.99. The highest BCUT2D eigenvalue weighted by Gasteiger charge is 2.42. The van der Waals surface area contributed by atoms with Gasteiger partial charge >= 0.3 is 5.69 Å². The van der Waals surface area contributed by atoms with Crippen LogP contribution in [0.25, 0.3) is 0 Å². The SMILES string of the molecule is O=C(COc1ccccc1[N+](=O)[O-])N(C1CC1)C1CCS(=O)(=O)C1. The van der Waals surface area contributed by atoms with Gasteiger partial charge in [-0.2, -0.15) is 0 Å². The van der Waals surface area contributed by atoms with Crippen LogP contribution in [0.4, 0.5) is 5.69 Å². The summed E-state index contributed by atoms with van der Waals surface area (Å²) < 4.78 is 28.7. The van der Waals surface area contributed by atoms with Crippen LogP contribution in [0.15, 0.2) is 24.3 Å². The molecule has 2 fully saturated rings. The summed E-state index contributed by atoms with van der Waals surface area (Å²) in [6, 6.07) is 5.60. The van der Waals surface area contributed by atoms with Crippen molar-refractivity contribution in [2.75, 3.05) is 18.1 Å². The van der Waals surface area contributed by atoms with Gasteiger partial charge in [0.1, 0.15) is 0 Å². The first kappa shape index (κ1) is 16.7. The van der Waals surface area contributed by atoms with Crippen molar-refractivity contribution in [1.29, 1.82) is 0 Å². The fourth-order valence-corrected chi connectivity index (χ4v) is 4.71.